The van der Waals surface area contributed by atoms with E-state index in [1.54, 1.807) is 5.57 Å². The molecule has 0 radical (unpaired) electrons. The molecule has 0 amide bonds. The second kappa shape index (κ2) is 18.7. The summed E-state index contributed by atoms with van der Waals surface area (Å²) < 4.78 is 5.48. The Labute approximate surface area is 252 Å². The Morgan fingerprint density at radius 3 is 2.00 bits per heavy atom. The summed E-state index contributed by atoms with van der Waals surface area (Å²) in [5.41, 5.74) is 1.62. The van der Waals surface area contributed by atoms with E-state index in [1.807, 2.05) is 6.08 Å². The van der Waals surface area contributed by atoms with Gasteiger partial charge < -0.3 is 4.74 Å². The van der Waals surface area contributed by atoms with Crippen LogP contribution in [0.5, 0.6) is 0 Å². The number of hydrogen-bond donors (Lipinski definition) is 0. The molecule has 1 spiro atoms. The van der Waals surface area contributed by atoms with Crippen LogP contribution in [-0.2, 0) is 14.5 Å². The Kier molecular flexibility index (Phi) is 20.1. The van der Waals surface area contributed by atoms with E-state index < -0.39 is 0 Å². The third-order valence-electron chi connectivity index (χ3n) is 7.16. The van der Waals surface area contributed by atoms with Crippen LogP contribution in [0.15, 0.2) is 24.3 Å². The van der Waals surface area contributed by atoms with Crippen molar-refractivity contribution in [2.75, 3.05) is 0 Å². The molecule has 0 bridgehead atoms. The first-order chi connectivity index (χ1) is 14.6. The number of hydrogen-bond acceptors (Lipinski definition) is 2. The van der Waals surface area contributed by atoms with Crippen molar-refractivity contribution in [1.82, 2.24) is 0 Å². The molecule has 0 aromatic carbocycles. The Morgan fingerprint density at radius 1 is 1.06 bits per heavy atom. The number of carbonyl (C=O) groups excluding carboxylic acids is 1. The van der Waals surface area contributed by atoms with Crippen molar-refractivity contribution in [2.45, 2.75) is 104 Å². The monoisotopic (exact) mass is 934 g/mol. The molecular weight excluding hydrogens is 891 g/mol. The van der Waals surface area contributed by atoms with Gasteiger partial charge in [-0.25, -0.2) is 0 Å². The average Bonchev–Trinajstić information content (AvgIpc) is 3.07. The minimum atomic E-state index is -0.278. The third-order valence-corrected chi connectivity index (χ3v) is 7.16. The molecule has 3 rings (SSSR count). The molecule has 0 N–H and O–H groups in total. The maximum absolute atomic E-state index is 11.1. The average molecular weight is 934 g/mol. The number of carbonyl (C=O) groups is 1. The van der Waals surface area contributed by atoms with Gasteiger partial charge in [0.25, 0.3) is 0 Å². The van der Waals surface area contributed by atoms with Crippen molar-refractivity contribution in [3.05, 3.63) is 24.3 Å². The van der Waals surface area contributed by atoms with Gasteiger partial charge in [-0.3, -0.25) is 4.79 Å². The topological polar surface area (TPSA) is 26.3 Å². The van der Waals surface area contributed by atoms with Crippen molar-refractivity contribution >= 4 is 89.9 Å². The molecule has 2 nitrogen and oxygen atoms in total. The van der Waals surface area contributed by atoms with Gasteiger partial charge in [-0.2, -0.15) is 0 Å². The predicted octanol–water partition coefficient (Wildman–Crippen LogP) is 10.5. The van der Waals surface area contributed by atoms with E-state index in [2.05, 4.69) is 100 Å². The molecule has 0 aromatic heterocycles. The molecule has 3 aliphatic rings. The Balaban J connectivity index is 0.000000504. The maximum atomic E-state index is 11.1. The zero-order chi connectivity index (χ0) is 23.4. The minimum absolute atomic E-state index is 0. The summed E-state index contributed by atoms with van der Waals surface area (Å²) in [7, 11) is 0. The molecule has 1 aliphatic heterocycles. The summed E-state index contributed by atoms with van der Waals surface area (Å²) in [5.74, 6) is 3.45. The Morgan fingerprint density at radius 2 is 1.62 bits per heavy atom. The molecule has 188 valence electrons. The zero-order valence-electron chi connectivity index (χ0n) is 20.3. The standard InChI is InChI=1S/C13H22.C12H20O2.4HI.V/c1-4-5-6-12-7-9-13(10-8-12)11(2)3;1-9(2)10-3-6-12(7-4-10)8-5-11(13)14-12;;;;;/h4,7,11,13H,1,5-6,8-10H2,2-3H3;9-10H,3-8H2,1-2H3;4*1H;/q;;;;;;+3/p-3. The molecule has 1 unspecified atom stereocenters. The molecule has 7 heteroatoms. The summed E-state index contributed by atoms with van der Waals surface area (Å²) in [5, 5.41) is 0. The first-order valence-electron chi connectivity index (χ1n) is 11.9. The van der Waals surface area contributed by atoms with E-state index in [1.165, 1.54) is 38.5 Å². The van der Waals surface area contributed by atoms with Gasteiger partial charge in [0.05, 0.1) is 0 Å². The molecule has 2 aliphatic carbocycles. The van der Waals surface area contributed by atoms with E-state index in [4.69, 9.17) is 4.74 Å². The van der Waals surface area contributed by atoms with Gasteiger partial charge in [0.15, 0.2) is 0 Å². The number of rotatable bonds is 5. The second-order valence-corrected chi connectivity index (χ2v) is 45.3. The quantitative estimate of drug-likeness (QED) is 0.156. The van der Waals surface area contributed by atoms with E-state index in [9.17, 15) is 4.79 Å². The van der Waals surface area contributed by atoms with E-state index >= 15 is 0 Å². The summed E-state index contributed by atoms with van der Waals surface area (Å²) in [6.07, 6.45) is 17.2. The van der Waals surface area contributed by atoms with Crippen LogP contribution in [0.25, 0.3) is 0 Å². The normalized spacial score (nSPS) is 27.1. The molecule has 0 aromatic rings. The van der Waals surface area contributed by atoms with Crippen molar-refractivity contribution < 1.29 is 14.5 Å². The number of allylic oxidation sites excluding steroid dienone is 3. The van der Waals surface area contributed by atoms with Crippen LogP contribution in [0.3, 0.4) is 0 Å². The molecule has 1 saturated carbocycles. The van der Waals surface area contributed by atoms with Crippen molar-refractivity contribution in [1.29, 1.82) is 0 Å². The van der Waals surface area contributed by atoms with Crippen LogP contribution in [0.1, 0.15) is 98.3 Å². The summed E-state index contributed by atoms with van der Waals surface area (Å²) >= 11 is 7.39. The Hall–Kier alpha value is 2.45. The summed E-state index contributed by atoms with van der Waals surface area (Å²) in [4.78, 5) is 10.8. The van der Waals surface area contributed by atoms with Crippen LogP contribution in [0.2, 0.25) is 0 Å². The van der Waals surface area contributed by atoms with Gasteiger partial charge in [-0.05, 0) is 87.9 Å². The summed E-state index contributed by atoms with van der Waals surface area (Å²) in [6, 6.07) is 0. The molecule has 32 heavy (non-hydrogen) atoms. The second-order valence-electron chi connectivity index (χ2n) is 9.90. The first-order valence-corrected chi connectivity index (χ1v) is 25.4. The van der Waals surface area contributed by atoms with Crippen LogP contribution < -0.4 is 0 Å². The van der Waals surface area contributed by atoms with Gasteiger partial charge >= 0.3 is 70.8 Å². The SMILES string of the molecule is C=CCCC1=CCC(C(C)C)CC1.CC(C)C1CCC2(CCC(=O)O2)CC1.I.[I][V]([I])[I]. The van der Waals surface area contributed by atoms with Gasteiger partial charge in [0.1, 0.15) is 5.60 Å². The fourth-order valence-electron chi connectivity index (χ4n) is 4.89. The summed E-state index contributed by atoms with van der Waals surface area (Å²) in [6.45, 7) is 13.0. The van der Waals surface area contributed by atoms with Gasteiger partial charge in [-0.1, -0.05) is 45.4 Å². The predicted molar refractivity (Wildman–Crippen MR) is 172 cm³/mol. The van der Waals surface area contributed by atoms with E-state index in [0.29, 0.717) is 6.42 Å². The Bertz CT molecular complexity index is 568. The number of ether oxygens (including phenoxy) is 1. The fourth-order valence-corrected chi connectivity index (χ4v) is 4.89. The fraction of sp³-hybridized carbons (Fsp3) is 0.800. The van der Waals surface area contributed by atoms with Gasteiger partial charge in [0.2, 0.25) is 0 Å². The molecule has 1 heterocycles. The van der Waals surface area contributed by atoms with E-state index in [0.717, 1.165) is 49.4 Å². The first kappa shape index (κ1) is 34.5. The molecule has 2 fully saturated rings. The third kappa shape index (κ3) is 14.3. The van der Waals surface area contributed by atoms with Crippen molar-refractivity contribution in [2.24, 2.45) is 23.7 Å². The molecular formula is C25H43I4O2V. The van der Waals surface area contributed by atoms with Crippen molar-refractivity contribution in [3.8, 4) is 0 Å². The van der Waals surface area contributed by atoms with Crippen LogP contribution in [-0.4, -0.2) is 11.6 Å². The zero-order valence-corrected chi connectivity index (χ0v) is 30.5. The number of esters is 1. The van der Waals surface area contributed by atoms with Crippen LogP contribution in [0, 0.1) is 23.7 Å². The number of halogens is 4. The van der Waals surface area contributed by atoms with Crippen molar-refractivity contribution in [3.63, 3.8) is 0 Å². The van der Waals surface area contributed by atoms with Gasteiger partial charge in [0, 0.05) is 6.42 Å². The van der Waals surface area contributed by atoms with Crippen LogP contribution in [0.4, 0.5) is 0 Å². The van der Waals surface area contributed by atoms with Gasteiger partial charge in [-0.15, -0.1) is 30.6 Å². The molecule has 1 saturated heterocycles. The van der Waals surface area contributed by atoms with Crippen LogP contribution >= 0.6 is 83.9 Å². The molecule has 1 atom stereocenters. The van der Waals surface area contributed by atoms with E-state index in [-0.39, 0.29) is 40.5 Å².